The Kier molecular flexibility index (Phi) is 7.55. The van der Waals surface area contributed by atoms with Crippen molar-refractivity contribution in [3.8, 4) is 0 Å². The molecule has 3 amide bonds. The van der Waals surface area contributed by atoms with Gasteiger partial charge in [0.05, 0.1) is 6.67 Å². The SMILES string of the molecule is O=C1C(c2ccccc2)N(Cc2ccccc2)C(=O)N1CN1CCN(C/C=C/c2ccccc2)CC1. The fourth-order valence-electron chi connectivity index (χ4n) is 4.88. The van der Waals surface area contributed by atoms with Gasteiger partial charge in [0.2, 0.25) is 0 Å². The molecule has 0 N–H and O–H groups in total. The van der Waals surface area contributed by atoms with Gasteiger partial charge in [-0.1, -0.05) is 103 Å². The van der Waals surface area contributed by atoms with Crippen LogP contribution in [0.1, 0.15) is 22.7 Å². The lowest BCUT2D eigenvalue weighted by Gasteiger charge is -2.35. The Morgan fingerprint density at radius 1 is 0.722 bits per heavy atom. The van der Waals surface area contributed by atoms with Crippen molar-refractivity contribution in [2.24, 2.45) is 0 Å². The summed E-state index contributed by atoms with van der Waals surface area (Å²) >= 11 is 0. The molecule has 1 unspecified atom stereocenters. The van der Waals surface area contributed by atoms with Crippen LogP contribution in [-0.4, -0.2) is 70.9 Å². The lowest BCUT2D eigenvalue weighted by Crippen LogP contribution is -2.51. The Morgan fingerprint density at radius 3 is 1.97 bits per heavy atom. The smallest absolute Gasteiger partial charge is 0.304 e. The predicted molar refractivity (Wildman–Crippen MR) is 142 cm³/mol. The third-order valence-electron chi connectivity index (χ3n) is 6.88. The van der Waals surface area contributed by atoms with Crippen LogP contribution in [-0.2, 0) is 11.3 Å². The molecule has 0 radical (unpaired) electrons. The lowest BCUT2D eigenvalue weighted by molar-refractivity contribution is -0.130. The molecule has 6 nitrogen and oxygen atoms in total. The van der Waals surface area contributed by atoms with E-state index in [2.05, 4.69) is 34.1 Å². The number of benzene rings is 3. The average Bonchev–Trinajstić information content (AvgIpc) is 3.15. The van der Waals surface area contributed by atoms with Crippen molar-refractivity contribution in [1.82, 2.24) is 19.6 Å². The molecular weight excluding hydrogens is 448 g/mol. The first kappa shape index (κ1) is 24.0. The van der Waals surface area contributed by atoms with E-state index in [-0.39, 0.29) is 11.9 Å². The number of carbonyl (C=O) groups excluding carboxylic acids is 2. The molecule has 0 aliphatic carbocycles. The van der Waals surface area contributed by atoms with Gasteiger partial charge in [-0.25, -0.2) is 9.69 Å². The minimum absolute atomic E-state index is 0.143. The number of hydrogen-bond acceptors (Lipinski definition) is 4. The molecular formula is C30H32N4O2. The number of amides is 3. The predicted octanol–water partition coefficient (Wildman–Crippen LogP) is 4.48. The number of imide groups is 1. The van der Waals surface area contributed by atoms with Gasteiger partial charge in [-0.3, -0.25) is 14.6 Å². The van der Waals surface area contributed by atoms with E-state index >= 15 is 0 Å². The van der Waals surface area contributed by atoms with Crippen LogP contribution in [0.3, 0.4) is 0 Å². The highest BCUT2D eigenvalue weighted by atomic mass is 16.2. The Balaban J connectivity index is 1.22. The van der Waals surface area contributed by atoms with Gasteiger partial charge >= 0.3 is 6.03 Å². The highest BCUT2D eigenvalue weighted by molar-refractivity contribution is 6.04. The van der Waals surface area contributed by atoms with Gasteiger partial charge in [0, 0.05) is 39.3 Å². The van der Waals surface area contributed by atoms with Crippen molar-refractivity contribution >= 4 is 18.0 Å². The summed E-state index contributed by atoms with van der Waals surface area (Å²) in [5.74, 6) is -0.143. The fourth-order valence-corrected chi connectivity index (χ4v) is 4.88. The second kappa shape index (κ2) is 11.3. The lowest BCUT2D eigenvalue weighted by atomic mass is 10.1. The minimum Gasteiger partial charge on any atom is -0.304 e. The molecule has 36 heavy (non-hydrogen) atoms. The van der Waals surface area contributed by atoms with E-state index in [4.69, 9.17) is 0 Å². The molecule has 0 spiro atoms. The molecule has 3 aromatic carbocycles. The van der Waals surface area contributed by atoms with Gasteiger partial charge in [-0.15, -0.1) is 0 Å². The minimum atomic E-state index is -0.594. The topological polar surface area (TPSA) is 47.1 Å². The van der Waals surface area contributed by atoms with Crippen LogP contribution in [0, 0.1) is 0 Å². The summed E-state index contributed by atoms with van der Waals surface area (Å²) in [6, 6.07) is 29.0. The second-order valence-corrected chi connectivity index (χ2v) is 9.35. The Bertz CT molecular complexity index is 1180. The summed E-state index contributed by atoms with van der Waals surface area (Å²) < 4.78 is 0. The molecule has 2 aliphatic rings. The second-order valence-electron chi connectivity index (χ2n) is 9.35. The van der Waals surface area contributed by atoms with E-state index in [9.17, 15) is 9.59 Å². The number of carbonyl (C=O) groups is 2. The molecule has 184 valence electrons. The Labute approximate surface area is 213 Å². The number of piperazine rings is 1. The van der Waals surface area contributed by atoms with Crippen molar-refractivity contribution < 1.29 is 9.59 Å². The van der Waals surface area contributed by atoms with Crippen molar-refractivity contribution in [1.29, 1.82) is 0 Å². The van der Waals surface area contributed by atoms with E-state index < -0.39 is 6.04 Å². The van der Waals surface area contributed by atoms with Crippen LogP contribution in [0.25, 0.3) is 6.08 Å². The van der Waals surface area contributed by atoms with Crippen molar-refractivity contribution in [2.75, 3.05) is 39.4 Å². The molecule has 0 saturated carbocycles. The Hall–Kier alpha value is -3.74. The Morgan fingerprint density at radius 2 is 1.31 bits per heavy atom. The summed E-state index contributed by atoms with van der Waals surface area (Å²) in [7, 11) is 0. The van der Waals surface area contributed by atoms with E-state index in [1.54, 1.807) is 4.90 Å². The van der Waals surface area contributed by atoms with E-state index in [1.807, 2.05) is 78.9 Å². The maximum atomic E-state index is 13.5. The highest BCUT2D eigenvalue weighted by Crippen LogP contribution is 2.32. The van der Waals surface area contributed by atoms with Crippen LogP contribution in [0.2, 0.25) is 0 Å². The maximum absolute atomic E-state index is 13.5. The van der Waals surface area contributed by atoms with Crippen molar-refractivity contribution in [3.63, 3.8) is 0 Å². The first-order valence-corrected chi connectivity index (χ1v) is 12.6. The van der Waals surface area contributed by atoms with Gasteiger partial charge in [0.15, 0.2) is 0 Å². The third-order valence-corrected chi connectivity index (χ3v) is 6.88. The van der Waals surface area contributed by atoms with Crippen molar-refractivity contribution in [3.05, 3.63) is 114 Å². The van der Waals surface area contributed by atoms with Crippen LogP contribution in [0.5, 0.6) is 0 Å². The summed E-state index contributed by atoms with van der Waals surface area (Å²) in [4.78, 5) is 34.8. The fraction of sp³-hybridized carbons (Fsp3) is 0.267. The van der Waals surface area contributed by atoms with Gasteiger partial charge < -0.3 is 4.90 Å². The normalized spacial score (nSPS) is 19.5. The summed E-state index contributed by atoms with van der Waals surface area (Å²) in [5, 5.41) is 0. The molecule has 2 fully saturated rings. The summed E-state index contributed by atoms with van der Waals surface area (Å²) in [6.07, 6.45) is 4.35. The van der Waals surface area contributed by atoms with Gasteiger partial charge in [-0.05, 0) is 16.7 Å². The zero-order valence-corrected chi connectivity index (χ0v) is 20.4. The van der Waals surface area contributed by atoms with Crippen molar-refractivity contribution in [2.45, 2.75) is 12.6 Å². The summed E-state index contributed by atoms with van der Waals surface area (Å²) in [5.41, 5.74) is 3.07. The third kappa shape index (κ3) is 5.56. The van der Waals surface area contributed by atoms with E-state index in [0.717, 1.165) is 43.9 Å². The number of urea groups is 1. The molecule has 3 aromatic rings. The molecule has 2 saturated heterocycles. The summed E-state index contributed by atoms with van der Waals surface area (Å²) in [6.45, 7) is 5.10. The van der Waals surface area contributed by atoms with Gasteiger partial charge in [-0.2, -0.15) is 0 Å². The molecule has 0 bridgehead atoms. The van der Waals surface area contributed by atoms with Crippen LogP contribution in [0.15, 0.2) is 97.1 Å². The number of rotatable bonds is 8. The van der Waals surface area contributed by atoms with E-state index in [1.165, 1.54) is 10.5 Å². The molecule has 2 heterocycles. The molecule has 6 heteroatoms. The maximum Gasteiger partial charge on any atom is 0.329 e. The molecule has 1 atom stereocenters. The van der Waals surface area contributed by atoms with E-state index in [0.29, 0.717) is 13.2 Å². The van der Waals surface area contributed by atoms with Crippen LogP contribution >= 0.6 is 0 Å². The standard InChI is InChI=1S/C30H32N4O2/c35-29-28(27-16-8-3-9-17-27)33(23-26-13-6-2-7-14-26)30(36)34(29)24-32-21-19-31(20-22-32)18-10-15-25-11-4-1-5-12-25/h1-17,28H,18-24H2/b15-10+. The average molecular weight is 481 g/mol. The largest absolute Gasteiger partial charge is 0.329 e. The van der Waals surface area contributed by atoms with Gasteiger partial charge in [0.1, 0.15) is 6.04 Å². The first-order valence-electron chi connectivity index (χ1n) is 12.6. The monoisotopic (exact) mass is 480 g/mol. The van der Waals surface area contributed by atoms with Gasteiger partial charge in [0.25, 0.3) is 5.91 Å². The number of hydrogen-bond donors (Lipinski definition) is 0. The number of nitrogens with zero attached hydrogens (tertiary/aromatic N) is 4. The molecule has 2 aliphatic heterocycles. The molecule has 5 rings (SSSR count). The van der Waals surface area contributed by atoms with Crippen LogP contribution in [0.4, 0.5) is 4.79 Å². The molecule has 0 aromatic heterocycles. The zero-order valence-electron chi connectivity index (χ0n) is 20.4. The quantitative estimate of drug-likeness (QED) is 0.446. The highest BCUT2D eigenvalue weighted by Gasteiger charge is 2.46. The van der Waals surface area contributed by atoms with Crippen LogP contribution < -0.4 is 0 Å². The first-order chi connectivity index (χ1) is 17.7. The zero-order chi connectivity index (χ0) is 24.7.